The second-order valence-electron chi connectivity index (χ2n) is 8.26. The van der Waals surface area contributed by atoms with E-state index in [0.29, 0.717) is 18.5 Å². The molecule has 0 unspecified atom stereocenters. The van der Waals surface area contributed by atoms with Gasteiger partial charge in [0.2, 0.25) is 10.0 Å². The normalized spacial score (nSPS) is 14.6. The molecule has 1 amide bonds. The van der Waals surface area contributed by atoms with Gasteiger partial charge in [-0.25, -0.2) is 13.1 Å². The third-order valence-electron chi connectivity index (χ3n) is 5.81. The number of carbonyl (C=O) groups excluding carboxylic acids is 1. The summed E-state index contributed by atoms with van der Waals surface area (Å²) in [5.41, 5.74) is 3.50. The topological polar surface area (TPSA) is 66.5 Å². The number of aryl methyl sites for hydroxylation is 2. The van der Waals surface area contributed by atoms with Crippen LogP contribution in [-0.2, 0) is 22.9 Å². The smallest absolute Gasteiger partial charge is 0.258 e. The second kappa shape index (κ2) is 9.67. The summed E-state index contributed by atoms with van der Waals surface area (Å²) in [6.45, 7) is 2.51. The van der Waals surface area contributed by atoms with Crippen LogP contribution in [0.4, 0.5) is 5.69 Å². The summed E-state index contributed by atoms with van der Waals surface area (Å²) in [7, 11) is -3.64. The van der Waals surface area contributed by atoms with Gasteiger partial charge in [-0.1, -0.05) is 48.5 Å². The number of benzene rings is 3. The zero-order chi connectivity index (χ0) is 22.6. The number of anilines is 1. The van der Waals surface area contributed by atoms with E-state index in [0.717, 1.165) is 30.5 Å². The highest BCUT2D eigenvalue weighted by atomic mass is 32.2. The summed E-state index contributed by atoms with van der Waals surface area (Å²) in [6, 6.07) is 24.1. The third-order valence-corrected chi connectivity index (χ3v) is 7.40. The minimum Gasteiger partial charge on any atom is -0.308 e. The van der Waals surface area contributed by atoms with Gasteiger partial charge >= 0.3 is 0 Å². The molecule has 0 aliphatic carbocycles. The van der Waals surface area contributed by atoms with E-state index in [9.17, 15) is 13.2 Å². The molecule has 0 aromatic heterocycles. The van der Waals surface area contributed by atoms with Crippen molar-refractivity contribution < 1.29 is 13.2 Å². The van der Waals surface area contributed by atoms with Gasteiger partial charge in [-0.2, -0.15) is 0 Å². The Balaban J connectivity index is 1.48. The molecule has 1 atom stereocenters. The molecule has 3 aromatic carbocycles. The van der Waals surface area contributed by atoms with Gasteiger partial charge < -0.3 is 4.90 Å². The Bertz CT molecular complexity index is 1180. The van der Waals surface area contributed by atoms with Crippen LogP contribution in [0.1, 0.15) is 41.3 Å². The molecule has 166 valence electrons. The number of fused-ring (bicyclic) bond motifs is 1. The number of carbonyl (C=O) groups is 1. The van der Waals surface area contributed by atoms with Gasteiger partial charge in [-0.15, -0.1) is 0 Å². The van der Waals surface area contributed by atoms with E-state index in [4.69, 9.17) is 0 Å². The molecular weight excluding hydrogens is 420 g/mol. The Morgan fingerprint density at radius 2 is 1.69 bits per heavy atom. The van der Waals surface area contributed by atoms with E-state index in [2.05, 4.69) is 4.72 Å². The third kappa shape index (κ3) is 5.09. The van der Waals surface area contributed by atoms with Crippen LogP contribution in [0.2, 0.25) is 0 Å². The maximum absolute atomic E-state index is 13.0. The molecule has 0 saturated carbocycles. The number of hydrogen-bond acceptors (Lipinski definition) is 3. The largest absolute Gasteiger partial charge is 0.308 e. The van der Waals surface area contributed by atoms with Crippen molar-refractivity contribution in [3.63, 3.8) is 0 Å². The monoisotopic (exact) mass is 448 g/mol. The molecule has 32 heavy (non-hydrogen) atoms. The number of nitrogens with zero attached hydrogens (tertiary/aromatic N) is 1. The van der Waals surface area contributed by atoms with E-state index in [1.807, 2.05) is 55.5 Å². The predicted molar refractivity (Wildman–Crippen MR) is 127 cm³/mol. The zero-order valence-corrected chi connectivity index (χ0v) is 19.0. The number of amides is 1. The van der Waals surface area contributed by atoms with Crippen molar-refractivity contribution >= 4 is 21.6 Å². The molecule has 1 aliphatic rings. The van der Waals surface area contributed by atoms with Crippen molar-refractivity contribution in [2.24, 2.45) is 0 Å². The van der Waals surface area contributed by atoms with E-state index in [1.165, 1.54) is 5.56 Å². The molecule has 0 bridgehead atoms. The zero-order valence-electron chi connectivity index (χ0n) is 18.2. The molecular formula is C26H28N2O3S. The molecule has 1 N–H and O–H groups in total. The fourth-order valence-corrected chi connectivity index (χ4v) is 5.44. The average molecular weight is 449 g/mol. The van der Waals surface area contributed by atoms with Crippen molar-refractivity contribution in [3.8, 4) is 0 Å². The molecule has 5 nitrogen and oxygen atoms in total. The van der Waals surface area contributed by atoms with Crippen LogP contribution in [0.5, 0.6) is 0 Å². The quantitative estimate of drug-likeness (QED) is 0.575. The van der Waals surface area contributed by atoms with Crippen molar-refractivity contribution in [2.45, 2.75) is 43.5 Å². The minimum absolute atomic E-state index is 0.0604. The first-order chi connectivity index (χ1) is 15.4. The predicted octanol–water partition coefficient (Wildman–Crippen LogP) is 4.58. The Morgan fingerprint density at radius 3 is 2.41 bits per heavy atom. The number of hydrogen-bond donors (Lipinski definition) is 1. The lowest BCUT2D eigenvalue weighted by Gasteiger charge is -2.30. The Kier molecular flexibility index (Phi) is 6.72. The van der Waals surface area contributed by atoms with Crippen LogP contribution in [0.15, 0.2) is 83.8 Å². The molecule has 1 heterocycles. The van der Waals surface area contributed by atoms with Crippen molar-refractivity contribution in [1.82, 2.24) is 4.72 Å². The Hall–Kier alpha value is -2.96. The average Bonchev–Trinajstić information content (AvgIpc) is 2.82. The summed E-state index contributed by atoms with van der Waals surface area (Å²) in [5, 5.41) is 0. The number of rotatable bonds is 7. The highest BCUT2D eigenvalue weighted by Gasteiger charge is 2.26. The standard InChI is InChI=1S/C26H28N2O3S/c1-20(14-15-21-9-4-2-5-10-21)27-32(30,31)24-16-17-25-23(19-24)13-8-18-28(25)26(29)22-11-6-3-7-12-22/h2-7,9-12,16-17,19-20,27H,8,13-15,18H2,1H3/t20-/m1/s1. The summed E-state index contributed by atoms with van der Waals surface area (Å²) < 4.78 is 28.8. The summed E-state index contributed by atoms with van der Waals surface area (Å²) in [5.74, 6) is -0.0604. The number of nitrogens with one attached hydrogen (secondary N) is 1. The lowest BCUT2D eigenvalue weighted by atomic mass is 10.0. The molecule has 4 rings (SSSR count). The van der Waals surface area contributed by atoms with E-state index in [1.54, 1.807) is 35.2 Å². The van der Waals surface area contributed by atoms with Gasteiger partial charge in [-0.05, 0) is 74.1 Å². The molecule has 0 radical (unpaired) electrons. The summed E-state index contributed by atoms with van der Waals surface area (Å²) in [6.07, 6.45) is 3.08. The Labute approximate surface area is 190 Å². The first-order valence-electron chi connectivity index (χ1n) is 11.0. The fourth-order valence-electron chi connectivity index (χ4n) is 4.11. The highest BCUT2D eigenvalue weighted by molar-refractivity contribution is 7.89. The minimum atomic E-state index is -3.64. The van der Waals surface area contributed by atoms with Gasteiger partial charge in [0.1, 0.15) is 0 Å². The maximum atomic E-state index is 13.0. The van der Waals surface area contributed by atoms with Crippen LogP contribution in [0.3, 0.4) is 0 Å². The van der Waals surface area contributed by atoms with Gasteiger partial charge in [0.25, 0.3) is 5.91 Å². The van der Waals surface area contributed by atoms with Crippen LogP contribution >= 0.6 is 0 Å². The molecule has 0 saturated heterocycles. The second-order valence-corrected chi connectivity index (χ2v) is 9.98. The van der Waals surface area contributed by atoms with E-state index < -0.39 is 10.0 Å². The first kappa shape index (κ1) is 22.2. The summed E-state index contributed by atoms with van der Waals surface area (Å²) >= 11 is 0. The van der Waals surface area contributed by atoms with Crippen molar-refractivity contribution in [2.75, 3.05) is 11.4 Å². The molecule has 0 fully saturated rings. The lowest BCUT2D eigenvalue weighted by Crippen LogP contribution is -2.36. The van der Waals surface area contributed by atoms with Crippen LogP contribution in [-0.4, -0.2) is 26.9 Å². The SMILES string of the molecule is C[C@H](CCc1ccccc1)NS(=O)(=O)c1ccc2c(c1)CCCN2C(=O)c1ccccc1. The molecule has 3 aromatic rings. The van der Waals surface area contributed by atoms with Gasteiger partial charge in [0.05, 0.1) is 4.90 Å². The molecule has 1 aliphatic heterocycles. The molecule has 6 heteroatoms. The van der Waals surface area contributed by atoms with Crippen molar-refractivity contribution in [3.05, 3.63) is 95.6 Å². The highest BCUT2D eigenvalue weighted by Crippen LogP contribution is 2.30. The van der Waals surface area contributed by atoms with E-state index >= 15 is 0 Å². The van der Waals surface area contributed by atoms with Crippen LogP contribution in [0, 0.1) is 0 Å². The van der Waals surface area contributed by atoms with Gasteiger partial charge in [0, 0.05) is 23.8 Å². The first-order valence-corrected chi connectivity index (χ1v) is 12.5. The fraction of sp³-hybridized carbons (Fsp3) is 0.269. The van der Waals surface area contributed by atoms with Gasteiger partial charge in [-0.3, -0.25) is 4.79 Å². The lowest BCUT2D eigenvalue weighted by molar-refractivity contribution is 0.0985. The van der Waals surface area contributed by atoms with Gasteiger partial charge in [0.15, 0.2) is 0 Å². The van der Waals surface area contributed by atoms with Crippen LogP contribution < -0.4 is 9.62 Å². The van der Waals surface area contributed by atoms with Crippen LogP contribution in [0.25, 0.3) is 0 Å². The maximum Gasteiger partial charge on any atom is 0.258 e. The number of sulfonamides is 1. The Morgan fingerprint density at radius 1 is 1.00 bits per heavy atom. The summed E-state index contributed by atoms with van der Waals surface area (Å²) in [4.78, 5) is 15.0. The molecule has 0 spiro atoms. The van der Waals surface area contributed by atoms with Crippen molar-refractivity contribution in [1.29, 1.82) is 0 Å². The van der Waals surface area contributed by atoms with E-state index in [-0.39, 0.29) is 16.8 Å².